The van der Waals surface area contributed by atoms with Gasteiger partial charge >= 0.3 is 0 Å². The van der Waals surface area contributed by atoms with Crippen molar-refractivity contribution in [2.75, 3.05) is 11.1 Å². The minimum atomic E-state index is -0.129. The number of nitriles is 1. The number of aryl methyl sites for hydroxylation is 1. The highest BCUT2D eigenvalue weighted by molar-refractivity contribution is 7.99. The number of benzene rings is 1. The number of carbonyl (C=O) groups excluding carboxylic acids is 1. The predicted molar refractivity (Wildman–Crippen MR) is 125 cm³/mol. The summed E-state index contributed by atoms with van der Waals surface area (Å²) in [6.45, 7) is 7.05. The van der Waals surface area contributed by atoms with Gasteiger partial charge in [-0.05, 0) is 44.6 Å². The molecule has 0 saturated carbocycles. The quantitative estimate of drug-likeness (QED) is 0.530. The molecule has 1 unspecified atom stereocenters. The van der Waals surface area contributed by atoms with Crippen LogP contribution in [0.5, 0.6) is 0 Å². The third-order valence-corrected chi connectivity index (χ3v) is 7.69. The monoisotopic (exact) mass is 451 g/mol. The molecule has 31 heavy (non-hydrogen) atoms. The van der Waals surface area contributed by atoms with E-state index in [0.29, 0.717) is 28.2 Å². The first-order valence-corrected chi connectivity index (χ1v) is 12.3. The van der Waals surface area contributed by atoms with Crippen LogP contribution in [0, 0.1) is 24.2 Å². The Balaban J connectivity index is 1.45. The molecule has 0 saturated heterocycles. The maximum atomic E-state index is 12.7. The highest BCUT2D eigenvalue weighted by Crippen LogP contribution is 2.39. The summed E-state index contributed by atoms with van der Waals surface area (Å²) in [5, 5.41) is 22.6. The number of carbonyl (C=O) groups is 1. The van der Waals surface area contributed by atoms with Gasteiger partial charge in [-0.2, -0.15) is 5.26 Å². The van der Waals surface area contributed by atoms with Crippen molar-refractivity contribution in [2.24, 2.45) is 5.92 Å². The average Bonchev–Trinajstić information content (AvgIpc) is 3.32. The summed E-state index contributed by atoms with van der Waals surface area (Å²) in [7, 11) is 0. The van der Waals surface area contributed by atoms with Gasteiger partial charge in [-0.25, -0.2) is 0 Å². The van der Waals surface area contributed by atoms with Crippen molar-refractivity contribution >= 4 is 34.0 Å². The Labute approximate surface area is 190 Å². The van der Waals surface area contributed by atoms with E-state index in [1.54, 1.807) is 11.3 Å². The van der Waals surface area contributed by atoms with Gasteiger partial charge in [0.15, 0.2) is 11.0 Å². The molecule has 8 heteroatoms. The molecule has 0 bridgehead atoms. The summed E-state index contributed by atoms with van der Waals surface area (Å²) in [6.07, 6.45) is 3.00. The Hall–Kier alpha value is -2.63. The van der Waals surface area contributed by atoms with E-state index in [1.807, 2.05) is 23.6 Å². The average molecular weight is 452 g/mol. The summed E-state index contributed by atoms with van der Waals surface area (Å²) < 4.78 is 2.02. The lowest BCUT2D eigenvalue weighted by Gasteiger charge is -2.17. The first kappa shape index (κ1) is 21.6. The first-order chi connectivity index (χ1) is 15.0. The van der Waals surface area contributed by atoms with Crippen LogP contribution in [0.15, 0.2) is 29.4 Å². The van der Waals surface area contributed by atoms with E-state index in [2.05, 4.69) is 47.6 Å². The number of thiophene rings is 1. The molecule has 6 nitrogen and oxygen atoms in total. The second-order valence-corrected chi connectivity index (χ2v) is 9.97. The topological polar surface area (TPSA) is 83.6 Å². The standard InChI is InChI=1S/C23H25N5OS2/c1-4-28-21(16-8-5-14(2)6-9-16)26-27-23(28)30-13-20(29)25-22-18(12-24)17-10-7-15(3)11-19(17)31-22/h5-6,8-9,15H,4,7,10-11,13H2,1-3H3,(H,25,29). The summed E-state index contributed by atoms with van der Waals surface area (Å²) >= 11 is 2.92. The molecule has 1 aliphatic carbocycles. The van der Waals surface area contributed by atoms with Crippen molar-refractivity contribution in [3.63, 3.8) is 0 Å². The predicted octanol–water partition coefficient (Wildman–Crippen LogP) is 5.06. The maximum absolute atomic E-state index is 12.7. The number of amides is 1. The van der Waals surface area contributed by atoms with Crippen molar-refractivity contribution in [2.45, 2.75) is 51.7 Å². The van der Waals surface area contributed by atoms with Gasteiger partial charge in [0.05, 0.1) is 11.3 Å². The molecule has 0 aliphatic heterocycles. The smallest absolute Gasteiger partial charge is 0.235 e. The van der Waals surface area contributed by atoms with Crippen LogP contribution in [0.4, 0.5) is 5.00 Å². The minimum Gasteiger partial charge on any atom is -0.316 e. The number of thioether (sulfide) groups is 1. The fraction of sp³-hybridized carbons (Fsp3) is 0.391. The Bertz CT molecular complexity index is 1140. The van der Waals surface area contributed by atoms with E-state index in [-0.39, 0.29) is 11.7 Å². The maximum Gasteiger partial charge on any atom is 0.235 e. The molecule has 1 aromatic carbocycles. The van der Waals surface area contributed by atoms with Crippen LogP contribution in [0.3, 0.4) is 0 Å². The lowest BCUT2D eigenvalue weighted by atomic mass is 9.89. The van der Waals surface area contributed by atoms with Gasteiger partial charge in [-0.1, -0.05) is 48.5 Å². The lowest BCUT2D eigenvalue weighted by Crippen LogP contribution is -2.14. The zero-order valence-electron chi connectivity index (χ0n) is 17.9. The number of hydrogen-bond acceptors (Lipinski definition) is 6. The number of fused-ring (bicyclic) bond motifs is 1. The third kappa shape index (κ3) is 4.53. The van der Waals surface area contributed by atoms with Gasteiger partial charge in [0.25, 0.3) is 0 Å². The summed E-state index contributed by atoms with van der Waals surface area (Å²) in [5.74, 6) is 1.52. The van der Waals surface area contributed by atoms with Crippen LogP contribution in [0.2, 0.25) is 0 Å². The van der Waals surface area contributed by atoms with E-state index < -0.39 is 0 Å². The Kier molecular flexibility index (Phi) is 6.44. The normalized spacial score (nSPS) is 15.4. The SMILES string of the molecule is CCn1c(SCC(=O)Nc2sc3c(c2C#N)CCC(C)C3)nnc1-c1ccc(C)cc1. The van der Waals surface area contributed by atoms with Crippen molar-refractivity contribution in [1.82, 2.24) is 14.8 Å². The van der Waals surface area contributed by atoms with E-state index in [9.17, 15) is 10.1 Å². The van der Waals surface area contributed by atoms with Gasteiger partial charge in [-0.3, -0.25) is 4.79 Å². The second kappa shape index (κ2) is 9.25. The minimum absolute atomic E-state index is 0.129. The molecule has 160 valence electrons. The van der Waals surface area contributed by atoms with E-state index >= 15 is 0 Å². The molecule has 3 aromatic rings. The highest BCUT2D eigenvalue weighted by Gasteiger charge is 2.25. The molecule has 1 aliphatic rings. The number of rotatable bonds is 6. The van der Waals surface area contributed by atoms with Crippen LogP contribution in [0.1, 0.15) is 41.8 Å². The van der Waals surface area contributed by atoms with Crippen LogP contribution >= 0.6 is 23.1 Å². The summed E-state index contributed by atoms with van der Waals surface area (Å²) in [4.78, 5) is 13.9. The van der Waals surface area contributed by atoms with Gasteiger partial charge in [0.2, 0.25) is 5.91 Å². The Morgan fingerprint density at radius 2 is 2.13 bits per heavy atom. The van der Waals surface area contributed by atoms with Crippen molar-refractivity contribution < 1.29 is 4.79 Å². The molecule has 1 atom stereocenters. The van der Waals surface area contributed by atoms with E-state index in [1.165, 1.54) is 22.2 Å². The molecule has 2 aromatic heterocycles. The molecule has 1 amide bonds. The number of anilines is 1. The van der Waals surface area contributed by atoms with Gasteiger partial charge in [0, 0.05) is 17.0 Å². The lowest BCUT2D eigenvalue weighted by molar-refractivity contribution is -0.113. The second-order valence-electron chi connectivity index (χ2n) is 7.92. The Morgan fingerprint density at radius 1 is 1.35 bits per heavy atom. The largest absolute Gasteiger partial charge is 0.316 e. The van der Waals surface area contributed by atoms with Gasteiger partial charge < -0.3 is 9.88 Å². The molecule has 4 rings (SSSR count). The first-order valence-electron chi connectivity index (χ1n) is 10.5. The van der Waals surface area contributed by atoms with Gasteiger partial charge in [-0.15, -0.1) is 21.5 Å². The van der Waals surface area contributed by atoms with Crippen molar-refractivity contribution in [3.05, 3.63) is 45.8 Å². The molecule has 0 radical (unpaired) electrons. The molecular formula is C23H25N5OS2. The fourth-order valence-electron chi connectivity index (χ4n) is 3.85. The number of nitrogens with one attached hydrogen (secondary N) is 1. The molecule has 1 N–H and O–H groups in total. The number of nitrogens with zero attached hydrogens (tertiary/aromatic N) is 4. The number of hydrogen-bond donors (Lipinski definition) is 1. The van der Waals surface area contributed by atoms with Crippen LogP contribution in [-0.4, -0.2) is 26.4 Å². The highest BCUT2D eigenvalue weighted by atomic mass is 32.2. The Morgan fingerprint density at radius 3 is 2.84 bits per heavy atom. The van der Waals surface area contributed by atoms with Crippen molar-refractivity contribution in [1.29, 1.82) is 5.26 Å². The zero-order chi connectivity index (χ0) is 22.0. The van der Waals surface area contributed by atoms with Gasteiger partial charge in [0.1, 0.15) is 11.1 Å². The molecular weight excluding hydrogens is 426 g/mol. The number of aromatic nitrogens is 3. The zero-order valence-corrected chi connectivity index (χ0v) is 19.6. The van der Waals surface area contributed by atoms with E-state index in [4.69, 9.17) is 0 Å². The summed E-state index contributed by atoms with van der Waals surface area (Å²) in [5.41, 5.74) is 3.97. The van der Waals surface area contributed by atoms with Crippen LogP contribution in [-0.2, 0) is 24.2 Å². The van der Waals surface area contributed by atoms with Crippen molar-refractivity contribution in [3.8, 4) is 17.5 Å². The van der Waals surface area contributed by atoms with E-state index in [0.717, 1.165) is 36.2 Å². The third-order valence-electron chi connectivity index (χ3n) is 5.55. The molecule has 2 heterocycles. The fourth-order valence-corrected chi connectivity index (χ4v) is 6.03. The van der Waals surface area contributed by atoms with Crippen LogP contribution in [0.25, 0.3) is 11.4 Å². The summed E-state index contributed by atoms with van der Waals surface area (Å²) in [6, 6.07) is 10.5. The molecule has 0 fully saturated rings. The molecule has 0 spiro atoms. The van der Waals surface area contributed by atoms with Crippen LogP contribution < -0.4 is 5.32 Å².